The molecule has 0 radical (unpaired) electrons. The number of aliphatic hydroxyl groups excluding tert-OH is 1. The number of esters is 1. The van der Waals surface area contributed by atoms with Gasteiger partial charge >= 0.3 is 5.97 Å². The highest BCUT2D eigenvalue weighted by molar-refractivity contribution is 6.68. The number of cyclic esters (lactones) is 1. The van der Waals surface area contributed by atoms with Crippen LogP contribution in [-0.4, -0.2) is 21.0 Å². The first-order valence-corrected chi connectivity index (χ1v) is 4.15. The summed E-state index contributed by atoms with van der Waals surface area (Å²) >= 11 is 16.4. The number of hydrogen-bond donors (Lipinski definition) is 1. The number of aliphatic hydroxyl groups is 1. The van der Waals surface area contributed by atoms with E-state index >= 15 is 0 Å². The van der Waals surface area contributed by atoms with Gasteiger partial charge in [0, 0.05) is 5.57 Å². The number of halogens is 3. The Kier molecular flexibility index (Phi) is 2.47. The van der Waals surface area contributed by atoms with Crippen LogP contribution in [0.1, 0.15) is 6.92 Å². The summed E-state index contributed by atoms with van der Waals surface area (Å²) in [4.78, 5) is 10.7. The first-order valence-electron chi connectivity index (χ1n) is 3.01. The Morgan fingerprint density at radius 1 is 1.50 bits per heavy atom. The van der Waals surface area contributed by atoms with E-state index in [1.807, 2.05) is 0 Å². The van der Waals surface area contributed by atoms with E-state index in [0.717, 1.165) is 0 Å². The van der Waals surface area contributed by atoms with Gasteiger partial charge in [-0.2, -0.15) is 0 Å². The molecule has 1 N–H and O–H groups in total. The fourth-order valence-corrected chi connectivity index (χ4v) is 1.47. The number of ether oxygens (including phenoxy) is 1. The molecular weight excluding hydrogens is 226 g/mol. The zero-order chi connectivity index (χ0) is 9.52. The fraction of sp³-hybridized carbons (Fsp3) is 0.500. The van der Waals surface area contributed by atoms with Crippen molar-refractivity contribution in [3.63, 3.8) is 0 Å². The number of carbonyl (C=O) groups excluding carboxylic acids is 1. The molecule has 0 aromatic carbocycles. The van der Waals surface area contributed by atoms with E-state index in [1.54, 1.807) is 0 Å². The molecule has 0 aromatic rings. The normalized spacial score (nSPS) is 24.7. The van der Waals surface area contributed by atoms with Crippen molar-refractivity contribution < 1.29 is 14.6 Å². The third-order valence-electron chi connectivity index (χ3n) is 1.48. The van der Waals surface area contributed by atoms with Crippen LogP contribution >= 0.6 is 34.8 Å². The van der Waals surface area contributed by atoms with Gasteiger partial charge in [0.2, 0.25) is 9.55 Å². The maximum Gasteiger partial charge on any atom is 0.374 e. The zero-order valence-corrected chi connectivity index (χ0v) is 8.24. The lowest BCUT2D eigenvalue weighted by atomic mass is 10.2. The lowest BCUT2D eigenvalue weighted by molar-refractivity contribution is -0.141. The van der Waals surface area contributed by atoms with Crippen molar-refractivity contribution in [2.45, 2.75) is 16.8 Å². The third kappa shape index (κ3) is 1.63. The molecule has 0 aliphatic carbocycles. The Labute approximate surface area is 83.8 Å². The minimum atomic E-state index is -1.73. The van der Waals surface area contributed by atoms with Crippen LogP contribution < -0.4 is 0 Å². The molecule has 6 heteroatoms. The van der Waals surface area contributed by atoms with Gasteiger partial charge in [-0.25, -0.2) is 4.79 Å². The van der Waals surface area contributed by atoms with E-state index in [4.69, 9.17) is 39.9 Å². The second-order valence-electron chi connectivity index (χ2n) is 2.36. The molecule has 1 aliphatic rings. The van der Waals surface area contributed by atoms with Crippen molar-refractivity contribution >= 4 is 40.8 Å². The van der Waals surface area contributed by atoms with E-state index in [2.05, 4.69) is 4.74 Å². The standard InChI is InChI=1S/C6H5Cl3O3/c1-2-3(10)5(11)12-4(2)6(7,8)9/h4,10H,1H3. The SMILES string of the molecule is CC1=C(O)C(=O)OC1C(Cl)(Cl)Cl. The molecule has 1 unspecified atom stereocenters. The van der Waals surface area contributed by atoms with Crippen LogP contribution in [0.3, 0.4) is 0 Å². The monoisotopic (exact) mass is 230 g/mol. The van der Waals surface area contributed by atoms with Gasteiger partial charge in [0.25, 0.3) is 0 Å². The quantitative estimate of drug-likeness (QED) is 0.513. The molecule has 0 fully saturated rings. The van der Waals surface area contributed by atoms with Crippen LogP contribution in [0.25, 0.3) is 0 Å². The van der Waals surface area contributed by atoms with Crippen molar-refractivity contribution in [3.8, 4) is 0 Å². The molecule has 1 heterocycles. The minimum Gasteiger partial charge on any atom is -0.502 e. The molecule has 1 rings (SSSR count). The van der Waals surface area contributed by atoms with Crippen molar-refractivity contribution in [2.75, 3.05) is 0 Å². The molecule has 0 spiro atoms. The predicted octanol–water partition coefficient (Wildman–Crippen LogP) is 2.11. The average Bonchev–Trinajstić information content (AvgIpc) is 2.15. The van der Waals surface area contributed by atoms with Gasteiger partial charge in [0.15, 0.2) is 6.10 Å². The molecule has 0 saturated heterocycles. The molecule has 68 valence electrons. The highest BCUT2D eigenvalue weighted by Gasteiger charge is 2.44. The number of hydrogen-bond acceptors (Lipinski definition) is 3. The zero-order valence-electron chi connectivity index (χ0n) is 5.97. The van der Waals surface area contributed by atoms with E-state index in [0.29, 0.717) is 0 Å². The molecular formula is C6H5Cl3O3. The number of alkyl halides is 3. The topological polar surface area (TPSA) is 46.5 Å². The molecule has 12 heavy (non-hydrogen) atoms. The fourth-order valence-electron chi connectivity index (χ4n) is 0.849. The van der Waals surface area contributed by atoms with E-state index in [1.165, 1.54) is 6.92 Å². The van der Waals surface area contributed by atoms with Gasteiger partial charge in [0.1, 0.15) is 0 Å². The van der Waals surface area contributed by atoms with Crippen LogP contribution in [0.5, 0.6) is 0 Å². The van der Waals surface area contributed by atoms with Gasteiger partial charge in [-0.3, -0.25) is 0 Å². The van der Waals surface area contributed by atoms with Crippen LogP contribution in [0, 0.1) is 0 Å². The van der Waals surface area contributed by atoms with E-state index in [9.17, 15) is 4.79 Å². The second kappa shape index (κ2) is 2.98. The van der Waals surface area contributed by atoms with Gasteiger partial charge in [-0.05, 0) is 6.92 Å². The minimum absolute atomic E-state index is 0.236. The van der Waals surface area contributed by atoms with Crippen LogP contribution in [0.2, 0.25) is 0 Å². The summed E-state index contributed by atoms with van der Waals surface area (Å²) in [6.07, 6.45) is -0.991. The number of rotatable bonds is 0. The average molecular weight is 231 g/mol. The first kappa shape index (κ1) is 9.96. The van der Waals surface area contributed by atoms with E-state index < -0.39 is 21.6 Å². The maximum absolute atomic E-state index is 10.7. The van der Waals surface area contributed by atoms with Crippen LogP contribution in [0.4, 0.5) is 0 Å². The van der Waals surface area contributed by atoms with Gasteiger partial charge in [-0.1, -0.05) is 34.8 Å². The van der Waals surface area contributed by atoms with Crippen molar-refractivity contribution in [2.24, 2.45) is 0 Å². The Morgan fingerprint density at radius 2 is 2.00 bits per heavy atom. The molecule has 3 nitrogen and oxygen atoms in total. The summed E-state index contributed by atoms with van der Waals surface area (Å²) in [5.41, 5.74) is 0.236. The highest BCUT2D eigenvalue weighted by atomic mass is 35.6. The Balaban J connectivity index is 2.95. The summed E-state index contributed by atoms with van der Waals surface area (Å²) < 4.78 is 2.86. The van der Waals surface area contributed by atoms with Crippen LogP contribution in [0.15, 0.2) is 11.3 Å². The van der Waals surface area contributed by atoms with Crippen molar-refractivity contribution in [1.29, 1.82) is 0 Å². The van der Waals surface area contributed by atoms with Gasteiger partial charge in [0.05, 0.1) is 0 Å². The molecule has 0 aromatic heterocycles. The summed E-state index contributed by atoms with van der Waals surface area (Å²) in [5, 5.41) is 9.03. The molecule has 1 atom stereocenters. The maximum atomic E-state index is 10.7. The smallest absolute Gasteiger partial charge is 0.374 e. The summed E-state index contributed by atoms with van der Waals surface area (Å²) in [5.74, 6) is -1.34. The number of carbonyl (C=O) groups is 1. The summed E-state index contributed by atoms with van der Waals surface area (Å²) in [7, 11) is 0. The molecule has 0 bridgehead atoms. The van der Waals surface area contributed by atoms with Crippen molar-refractivity contribution in [3.05, 3.63) is 11.3 Å². The Bertz CT molecular complexity index is 253. The predicted molar refractivity (Wildman–Crippen MR) is 45.5 cm³/mol. The highest BCUT2D eigenvalue weighted by Crippen LogP contribution is 2.39. The third-order valence-corrected chi connectivity index (χ3v) is 2.08. The van der Waals surface area contributed by atoms with Crippen molar-refractivity contribution in [1.82, 2.24) is 0 Å². The Hall–Kier alpha value is -0.120. The van der Waals surface area contributed by atoms with E-state index in [-0.39, 0.29) is 5.57 Å². The lowest BCUT2D eigenvalue weighted by Crippen LogP contribution is -2.27. The lowest BCUT2D eigenvalue weighted by Gasteiger charge is -2.18. The van der Waals surface area contributed by atoms with Gasteiger partial charge < -0.3 is 9.84 Å². The summed E-state index contributed by atoms with van der Waals surface area (Å²) in [6.45, 7) is 1.47. The Morgan fingerprint density at radius 3 is 2.17 bits per heavy atom. The summed E-state index contributed by atoms with van der Waals surface area (Å²) in [6, 6.07) is 0. The first-order chi connectivity index (χ1) is 5.34. The molecule has 1 aliphatic heterocycles. The largest absolute Gasteiger partial charge is 0.502 e. The van der Waals surface area contributed by atoms with Crippen LogP contribution in [-0.2, 0) is 9.53 Å². The second-order valence-corrected chi connectivity index (χ2v) is 4.73. The van der Waals surface area contributed by atoms with Gasteiger partial charge in [-0.15, -0.1) is 0 Å². The molecule has 0 saturated carbocycles. The molecule has 0 amide bonds.